The second-order valence-electron chi connectivity index (χ2n) is 9.29. The van der Waals surface area contributed by atoms with E-state index in [4.69, 9.17) is 4.74 Å². The third kappa shape index (κ3) is 2.76. The van der Waals surface area contributed by atoms with Crippen molar-refractivity contribution in [3.63, 3.8) is 0 Å². The van der Waals surface area contributed by atoms with E-state index in [0.29, 0.717) is 25.2 Å². The first-order valence-electron chi connectivity index (χ1n) is 11.2. The number of carbonyl (C=O) groups is 2. The molecule has 3 saturated carbocycles. The van der Waals surface area contributed by atoms with Crippen molar-refractivity contribution in [3.05, 3.63) is 12.2 Å². The summed E-state index contributed by atoms with van der Waals surface area (Å²) in [6.07, 6.45) is 10.3. The van der Waals surface area contributed by atoms with Crippen molar-refractivity contribution in [2.24, 2.45) is 34.1 Å². The summed E-state index contributed by atoms with van der Waals surface area (Å²) in [7, 11) is 1.77. The average Bonchev–Trinajstić information content (AvgIpc) is 3.33. The lowest BCUT2D eigenvalue weighted by molar-refractivity contribution is -0.168. The molecule has 29 heavy (non-hydrogen) atoms. The minimum Gasteiger partial charge on any atom is -0.378 e. The van der Waals surface area contributed by atoms with E-state index in [-0.39, 0.29) is 40.9 Å². The number of allylic oxidation sites excluding steroid dienone is 2. The largest absolute Gasteiger partial charge is 0.378 e. The van der Waals surface area contributed by atoms with Crippen molar-refractivity contribution in [1.29, 1.82) is 0 Å². The molecule has 0 aromatic carbocycles. The van der Waals surface area contributed by atoms with Crippen molar-refractivity contribution >= 4 is 17.8 Å². The number of guanidine groups is 1. The Labute approximate surface area is 172 Å². The first-order valence-corrected chi connectivity index (χ1v) is 11.2. The molecule has 0 aromatic rings. The Bertz CT molecular complexity index is 729. The van der Waals surface area contributed by atoms with E-state index >= 15 is 0 Å². The highest BCUT2D eigenvalue weighted by Crippen LogP contribution is 2.57. The van der Waals surface area contributed by atoms with E-state index in [2.05, 4.69) is 34.7 Å². The van der Waals surface area contributed by atoms with Gasteiger partial charge in [0, 0.05) is 38.2 Å². The van der Waals surface area contributed by atoms with Crippen LogP contribution in [0.25, 0.3) is 0 Å². The van der Waals surface area contributed by atoms with Crippen LogP contribution in [0.5, 0.6) is 0 Å². The second-order valence-corrected chi connectivity index (χ2v) is 9.29. The van der Waals surface area contributed by atoms with Crippen molar-refractivity contribution in [2.45, 2.75) is 51.2 Å². The molecule has 1 spiro atoms. The van der Waals surface area contributed by atoms with Gasteiger partial charge in [-0.3, -0.25) is 19.5 Å². The standard InChI is InChI=1S/C22H32N4O3/c1-3-29-16-12-15(22(16)7-4-8-22)25-21(23-2)24-9-10-26-19(27)17-13-5-6-14(11-13)18(17)20(26)28/h5-6,13-18H,3-4,7-12H2,1-2H3,(H2,23,24,25). The lowest BCUT2D eigenvalue weighted by atomic mass is 9.51. The van der Waals surface area contributed by atoms with E-state index in [1.165, 1.54) is 24.2 Å². The van der Waals surface area contributed by atoms with Crippen LogP contribution in [0, 0.1) is 29.1 Å². The fourth-order valence-electron chi connectivity index (χ4n) is 6.47. The number of amides is 2. The molecule has 4 aliphatic carbocycles. The predicted molar refractivity (Wildman–Crippen MR) is 109 cm³/mol. The van der Waals surface area contributed by atoms with Gasteiger partial charge in [0.1, 0.15) is 0 Å². The van der Waals surface area contributed by atoms with Crippen LogP contribution in [0.15, 0.2) is 17.1 Å². The normalized spacial score (nSPS) is 39.0. The zero-order chi connectivity index (χ0) is 20.2. The van der Waals surface area contributed by atoms with E-state index in [1.807, 2.05) is 0 Å². The highest BCUT2D eigenvalue weighted by atomic mass is 16.5. The molecule has 1 heterocycles. The number of carbonyl (C=O) groups excluding carboxylic acids is 2. The van der Waals surface area contributed by atoms with Crippen LogP contribution >= 0.6 is 0 Å². The number of fused-ring (bicyclic) bond motifs is 5. The number of imide groups is 1. The van der Waals surface area contributed by atoms with Crippen molar-refractivity contribution in [1.82, 2.24) is 15.5 Å². The van der Waals surface area contributed by atoms with Crippen LogP contribution in [0.2, 0.25) is 0 Å². The minimum absolute atomic E-state index is 0.0218. The Balaban J connectivity index is 1.13. The lowest BCUT2D eigenvalue weighted by Crippen LogP contribution is -2.68. The van der Waals surface area contributed by atoms with Gasteiger partial charge in [-0.25, -0.2) is 0 Å². The number of hydrogen-bond acceptors (Lipinski definition) is 4. The zero-order valence-corrected chi connectivity index (χ0v) is 17.4. The number of ether oxygens (including phenoxy) is 1. The molecule has 4 fully saturated rings. The molecule has 1 aliphatic heterocycles. The number of likely N-dealkylation sites (tertiary alicyclic amines) is 1. The summed E-state index contributed by atoms with van der Waals surface area (Å²) in [5.74, 6) is 1.10. The van der Waals surface area contributed by atoms with Crippen LogP contribution in [0.1, 0.15) is 39.0 Å². The maximum absolute atomic E-state index is 12.8. The molecule has 5 aliphatic rings. The quantitative estimate of drug-likeness (QED) is 0.304. The topological polar surface area (TPSA) is 83.0 Å². The first-order chi connectivity index (χ1) is 14.1. The van der Waals surface area contributed by atoms with E-state index < -0.39 is 0 Å². The van der Waals surface area contributed by atoms with Crippen molar-refractivity contribution in [3.8, 4) is 0 Å². The third-order valence-electron chi connectivity index (χ3n) is 8.16. The Morgan fingerprint density at radius 2 is 1.90 bits per heavy atom. The highest BCUT2D eigenvalue weighted by molar-refractivity contribution is 6.06. The Morgan fingerprint density at radius 3 is 2.45 bits per heavy atom. The molecule has 2 N–H and O–H groups in total. The summed E-state index contributed by atoms with van der Waals surface area (Å²) in [4.78, 5) is 31.4. The van der Waals surface area contributed by atoms with E-state index in [9.17, 15) is 9.59 Å². The summed E-state index contributed by atoms with van der Waals surface area (Å²) in [6.45, 7) is 3.75. The van der Waals surface area contributed by atoms with Crippen molar-refractivity contribution in [2.75, 3.05) is 26.7 Å². The number of nitrogens with zero attached hydrogens (tertiary/aromatic N) is 2. The van der Waals surface area contributed by atoms with Gasteiger partial charge in [0.25, 0.3) is 0 Å². The maximum atomic E-state index is 12.8. The number of hydrogen-bond donors (Lipinski definition) is 2. The summed E-state index contributed by atoms with van der Waals surface area (Å²) >= 11 is 0. The minimum atomic E-state index is -0.112. The maximum Gasteiger partial charge on any atom is 0.233 e. The van der Waals surface area contributed by atoms with Gasteiger partial charge < -0.3 is 15.4 Å². The van der Waals surface area contributed by atoms with E-state index in [1.54, 1.807) is 7.05 Å². The van der Waals surface area contributed by atoms with Gasteiger partial charge in [0.15, 0.2) is 5.96 Å². The second kappa shape index (κ2) is 7.11. The monoisotopic (exact) mass is 400 g/mol. The van der Waals surface area contributed by atoms with Gasteiger partial charge >= 0.3 is 0 Å². The summed E-state index contributed by atoms with van der Waals surface area (Å²) in [5, 5.41) is 6.87. The summed E-state index contributed by atoms with van der Waals surface area (Å²) in [5.41, 5.74) is 0.262. The Kier molecular flexibility index (Phi) is 4.68. The SMILES string of the molecule is CCOC1CC(NC(=NC)NCCN2C(=O)C3C4C=CC(C4)C3C2=O)C12CCC2. The predicted octanol–water partition coefficient (Wildman–Crippen LogP) is 1.31. The summed E-state index contributed by atoms with van der Waals surface area (Å²) < 4.78 is 5.92. The lowest BCUT2D eigenvalue weighted by Gasteiger charge is -2.61. The molecule has 2 bridgehead atoms. The van der Waals surface area contributed by atoms with Gasteiger partial charge in [-0.15, -0.1) is 0 Å². The fourth-order valence-corrected chi connectivity index (χ4v) is 6.47. The molecule has 1 saturated heterocycles. The highest BCUT2D eigenvalue weighted by Gasteiger charge is 2.60. The molecule has 0 radical (unpaired) electrons. The molecule has 0 aromatic heterocycles. The third-order valence-corrected chi connectivity index (χ3v) is 8.16. The van der Waals surface area contributed by atoms with Crippen molar-refractivity contribution < 1.29 is 14.3 Å². The molecular formula is C22H32N4O3. The van der Waals surface area contributed by atoms with Gasteiger partial charge in [0.05, 0.1) is 17.9 Å². The first kappa shape index (κ1) is 19.1. The molecule has 6 unspecified atom stereocenters. The van der Waals surface area contributed by atoms with Crippen LogP contribution in [0.3, 0.4) is 0 Å². The number of rotatable bonds is 6. The molecule has 6 atom stereocenters. The number of aliphatic imine (C=N–C) groups is 1. The van der Waals surface area contributed by atoms with Gasteiger partial charge in [-0.1, -0.05) is 18.6 Å². The van der Waals surface area contributed by atoms with Crippen LogP contribution in [0.4, 0.5) is 0 Å². The Morgan fingerprint density at radius 1 is 1.21 bits per heavy atom. The molecule has 5 rings (SSSR count). The molecule has 158 valence electrons. The zero-order valence-electron chi connectivity index (χ0n) is 17.4. The average molecular weight is 401 g/mol. The number of nitrogens with one attached hydrogen (secondary N) is 2. The molecular weight excluding hydrogens is 368 g/mol. The molecule has 7 heteroatoms. The van der Waals surface area contributed by atoms with Crippen LogP contribution in [-0.2, 0) is 14.3 Å². The summed E-state index contributed by atoms with van der Waals surface area (Å²) in [6, 6.07) is 0.384. The van der Waals surface area contributed by atoms with Gasteiger partial charge in [-0.05, 0) is 44.4 Å². The van der Waals surface area contributed by atoms with Gasteiger partial charge in [-0.2, -0.15) is 0 Å². The Hall–Kier alpha value is -1.89. The smallest absolute Gasteiger partial charge is 0.233 e. The molecule has 2 amide bonds. The molecule has 7 nitrogen and oxygen atoms in total. The van der Waals surface area contributed by atoms with Gasteiger partial charge in [0.2, 0.25) is 11.8 Å². The van der Waals surface area contributed by atoms with Crippen LogP contribution in [-0.4, -0.2) is 61.6 Å². The van der Waals surface area contributed by atoms with E-state index in [0.717, 1.165) is 25.4 Å². The fraction of sp³-hybridized carbons (Fsp3) is 0.773. The van der Waals surface area contributed by atoms with Crippen LogP contribution < -0.4 is 10.6 Å².